The summed E-state index contributed by atoms with van der Waals surface area (Å²) in [5.41, 5.74) is 2.54. The van der Waals surface area contributed by atoms with Crippen LogP contribution in [0, 0.1) is 5.82 Å². The summed E-state index contributed by atoms with van der Waals surface area (Å²) in [6, 6.07) is 10.7. The van der Waals surface area contributed by atoms with Crippen LogP contribution in [0.1, 0.15) is 50.2 Å². The second-order valence-corrected chi connectivity index (χ2v) is 8.85. The number of methoxy groups -OCH3 is 1. The number of carbonyl (C=O) groups excluding carboxylic acids is 1. The number of aromatic nitrogens is 1. The van der Waals surface area contributed by atoms with Crippen LogP contribution in [0.3, 0.4) is 0 Å². The molecule has 0 saturated carbocycles. The number of rotatable bonds is 6. The molecule has 2 heterocycles. The van der Waals surface area contributed by atoms with Gasteiger partial charge in [0.25, 0.3) is 0 Å². The third kappa shape index (κ3) is 3.84. The van der Waals surface area contributed by atoms with Crippen molar-refractivity contribution in [3.05, 3.63) is 58.5 Å². The van der Waals surface area contributed by atoms with Crippen LogP contribution in [-0.4, -0.2) is 17.6 Å². The van der Waals surface area contributed by atoms with Crippen molar-refractivity contribution < 1.29 is 18.7 Å². The molecule has 0 amide bonds. The second kappa shape index (κ2) is 8.61. The van der Waals surface area contributed by atoms with Crippen LogP contribution in [-0.2, 0) is 20.8 Å². The maximum Gasteiger partial charge on any atom is 0.303 e. The zero-order chi connectivity index (χ0) is 21.4. The van der Waals surface area contributed by atoms with Gasteiger partial charge < -0.3 is 14.0 Å². The third-order valence-corrected chi connectivity index (χ3v) is 6.80. The Kier molecular flexibility index (Phi) is 6.09. The Balaban J connectivity index is 1.97. The van der Waals surface area contributed by atoms with E-state index in [4.69, 9.17) is 21.1 Å². The lowest BCUT2D eigenvalue weighted by Gasteiger charge is -2.17. The normalized spacial score (nSPS) is 16.6. The standard InChI is InChI=1S/C23H23ClFNO3S/c1-4-19(28-3)17-11-15(25)12-18-21(17)23(30-16-7-5-14(24)6-8-16)22-20(29-13(2)27)9-10-26(18)22/h5-8,11-12,19-20H,4,9-10H2,1-3H3. The van der Waals surface area contributed by atoms with Gasteiger partial charge in [-0.15, -0.1) is 0 Å². The van der Waals surface area contributed by atoms with Crippen molar-refractivity contribution in [2.45, 2.75) is 55.2 Å². The number of fused-ring (bicyclic) bond motifs is 3. The molecule has 2 atom stereocenters. The van der Waals surface area contributed by atoms with Crippen molar-refractivity contribution in [1.29, 1.82) is 0 Å². The maximum absolute atomic E-state index is 14.6. The Bertz CT molecular complexity index is 1090. The van der Waals surface area contributed by atoms with Crippen LogP contribution >= 0.6 is 23.4 Å². The minimum atomic E-state index is -0.358. The highest BCUT2D eigenvalue weighted by molar-refractivity contribution is 7.99. The summed E-state index contributed by atoms with van der Waals surface area (Å²) in [6.07, 6.45) is 0.798. The molecule has 158 valence electrons. The summed E-state index contributed by atoms with van der Waals surface area (Å²) >= 11 is 7.63. The molecule has 0 spiro atoms. The quantitative estimate of drug-likeness (QED) is 0.394. The molecule has 3 aromatic rings. The lowest BCUT2D eigenvalue weighted by atomic mass is 10.0. The number of nitrogens with zero attached hydrogens (tertiary/aromatic N) is 1. The molecule has 4 nitrogen and oxygen atoms in total. The van der Waals surface area contributed by atoms with Crippen LogP contribution in [0.4, 0.5) is 4.39 Å². The molecule has 0 fully saturated rings. The van der Waals surface area contributed by atoms with Gasteiger partial charge in [-0.25, -0.2) is 4.39 Å². The first kappa shape index (κ1) is 21.2. The fraction of sp³-hybridized carbons (Fsp3) is 0.348. The number of halogens is 2. The molecule has 1 aliphatic rings. The summed E-state index contributed by atoms with van der Waals surface area (Å²) in [4.78, 5) is 13.7. The van der Waals surface area contributed by atoms with E-state index in [1.165, 1.54) is 6.92 Å². The summed E-state index contributed by atoms with van der Waals surface area (Å²) < 4.78 is 28.0. The van der Waals surface area contributed by atoms with Crippen molar-refractivity contribution in [2.24, 2.45) is 0 Å². The van der Waals surface area contributed by atoms with Gasteiger partial charge in [0.1, 0.15) is 11.9 Å². The molecule has 7 heteroatoms. The van der Waals surface area contributed by atoms with Crippen LogP contribution < -0.4 is 0 Å². The minimum Gasteiger partial charge on any atom is -0.456 e. The number of esters is 1. The molecule has 0 radical (unpaired) electrons. The monoisotopic (exact) mass is 447 g/mol. The van der Waals surface area contributed by atoms with E-state index in [1.54, 1.807) is 31.0 Å². The minimum absolute atomic E-state index is 0.233. The van der Waals surface area contributed by atoms with Crippen molar-refractivity contribution >= 4 is 40.2 Å². The van der Waals surface area contributed by atoms with Gasteiger partial charge in [-0.3, -0.25) is 4.79 Å². The van der Waals surface area contributed by atoms with E-state index in [0.717, 1.165) is 32.0 Å². The molecule has 4 rings (SSSR count). The van der Waals surface area contributed by atoms with E-state index in [2.05, 4.69) is 4.57 Å². The first-order valence-corrected chi connectivity index (χ1v) is 11.1. The van der Waals surface area contributed by atoms with E-state index < -0.39 is 0 Å². The van der Waals surface area contributed by atoms with Gasteiger partial charge in [0, 0.05) is 47.2 Å². The Hall–Kier alpha value is -2.02. The van der Waals surface area contributed by atoms with E-state index in [-0.39, 0.29) is 24.0 Å². The van der Waals surface area contributed by atoms with Crippen molar-refractivity contribution in [3.8, 4) is 0 Å². The average Bonchev–Trinajstić information content (AvgIpc) is 3.24. The maximum atomic E-state index is 14.6. The fourth-order valence-corrected chi connectivity index (χ4v) is 5.51. The Labute approximate surface area is 184 Å². The first-order chi connectivity index (χ1) is 14.4. The highest BCUT2D eigenvalue weighted by Crippen LogP contribution is 2.48. The zero-order valence-corrected chi connectivity index (χ0v) is 18.6. The summed E-state index contributed by atoms with van der Waals surface area (Å²) in [7, 11) is 1.64. The molecule has 0 saturated heterocycles. The van der Waals surface area contributed by atoms with Crippen molar-refractivity contribution in [2.75, 3.05) is 7.11 Å². The number of hydrogen-bond acceptors (Lipinski definition) is 4. The van der Waals surface area contributed by atoms with E-state index in [1.807, 2.05) is 31.2 Å². The van der Waals surface area contributed by atoms with Gasteiger partial charge in [0.2, 0.25) is 0 Å². The van der Waals surface area contributed by atoms with Crippen LogP contribution in [0.25, 0.3) is 10.9 Å². The first-order valence-electron chi connectivity index (χ1n) is 9.91. The lowest BCUT2D eigenvalue weighted by molar-refractivity contribution is -0.146. The molecule has 0 N–H and O–H groups in total. The molecule has 1 aromatic heterocycles. The summed E-state index contributed by atoms with van der Waals surface area (Å²) in [6.45, 7) is 4.10. The van der Waals surface area contributed by atoms with Gasteiger partial charge >= 0.3 is 5.97 Å². The zero-order valence-electron chi connectivity index (χ0n) is 17.1. The van der Waals surface area contributed by atoms with Crippen molar-refractivity contribution in [3.63, 3.8) is 0 Å². The van der Waals surface area contributed by atoms with Gasteiger partial charge in [-0.2, -0.15) is 0 Å². The molecular formula is C23H23ClFNO3S. The second-order valence-electron chi connectivity index (χ2n) is 7.33. The summed E-state index contributed by atoms with van der Waals surface area (Å²) in [5, 5.41) is 1.62. The average molecular weight is 448 g/mol. The largest absolute Gasteiger partial charge is 0.456 e. The highest BCUT2D eigenvalue weighted by Gasteiger charge is 2.34. The Morgan fingerprint density at radius 3 is 2.70 bits per heavy atom. The summed E-state index contributed by atoms with van der Waals surface area (Å²) in [5.74, 6) is -0.622. The lowest BCUT2D eigenvalue weighted by Crippen LogP contribution is -2.06. The molecule has 2 unspecified atom stereocenters. The van der Waals surface area contributed by atoms with Gasteiger partial charge in [-0.05, 0) is 48.4 Å². The molecule has 2 aromatic carbocycles. The van der Waals surface area contributed by atoms with Crippen LogP contribution in [0.5, 0.6) is 0 Å². The van der Waals surface area contributed by atoms with Crippen LogP contribution in [0.15, 0.2) is 46.2 Å². The van der Waals surface area contributed by atoms with E-state index >= 15 is 0 Å². The van der Waals surface area contributed by atoms with Gasteiger partial charge in [0.05, 0.1) is 17.3 Å². The van der Waals surface area contributed by atoms with Gasteiger partial charge in [0.15, 0.2) is 0 Å². The molecular weight excluding hydrogens is 425 g/mol. The molecule has 0 bridgehead atoms. The number of benzene rings is 2. The van der Waals surface area contributed by atoms with E-state index in [9.17, 15) is 9.18 Å². The fourth-order valence-electron chi connectivity index (χ4n) is 4.20. The predicted octanol–water partition coefficient (Wildman–Crippen LogP) is 6.69. The molecule has 0 aliphatic carbocycles. The van der Waals surface area contributed by atoms with Crippen molar-refractivity contribution in [1.82, 2.24) is 4.57 Å². The van der Waals surface area contributed by atoms with Crippen LogP contribution in [0.2, 0.25) is 5.02 Å². The topological polar surface area (TPSA) is 40.5 Å². The Morgan fingerprint density at radius 2 is 2.07 bits per heavy atom. The number of aryl methyl sites for hydroxylation is 1. The number of carbonyl (C=O) groups is 1. The molecule has 30 heavy (non-hydrogen) atoms. The van der Waals surface area contributed by atoms with Gasteiger partial charge in [-0.1, -0.05) is 30.3 Å². The third-order valence-electron chi connectivity index (χ3n) is 5.42. The Morgan fingerprint density at radius 1 is 1.33 bits per heavy atom. The number of hydrogen-bond donors (Lipinski definition) is 0. The number of ether oxygens (including phenoxy) is 2. The SMILES string of the molecule is CCC(OC)c1cc(F)cc2c1c(Sc1ccc(Cl)cc1)c1n2CCC1OC(C)=O. The van der Waals surface area contributed by atoms with E-state index in [0.29, 0.717) is 24.4 Å². The smallest absolute Gasteiger partial charge is 0.303 e. The highest BCUT2D eigenvalue weighted by atomic mass is 35.5. The molecule has 1 aliphatic heterocycles. The predicted molar refractivity (Wildman–Crippen MR) is 117 cm³/mol.